The maximum absolute atomic E-state index is 5.91. The van der Waals surface area contributed by atoms with E-state index in [4.69, 9.17) is 9.47 Å². The third-order valence-electron chi connectivity index (χ3n) is 7.37. The SMILES string of the molecule is Cc1c(-c2cn(CCCOCCCc3ccc[n+](CCCOCCCc4cccnc4)c3)nn2)ccc2cccnc12. The number of fused-ring (bicyclic) bond motifs is 1. The number of nitrogens with zero attached hydrogens (tertiary/aromatic N) is 6. The predicted molar refractivity (Wildman–Crippen MR) is 164 cm³/mol. The van der Waals surface area contributed by atoms with Gasteiger partial charge in [-0.2, -0.15) is 0 Å². The molecule has 8 heteroatoms. The van der Waals surface area contributed by atoms with E-state index in [1.807, 2.05) is 41.6 Å². The molecule has 0 aliphatic rings. The first-order valence-corrected chi connectivity index (χ1v) is 15.0. The van der Waals surface area contributed by atoms with Crippen molar-refractivity contribution in [1.82, 2.24) is 25.0 Å². The molecule has 0 amide bonds. The van der Waals surface area contributed by atoms with Crippen LogP contribution in [0.5, 0.6) is 0 Å². The van der Waals surface area contributed by atoms with E-state index < -0.39 is 0 Å². The Morgan fingerprint density at radius 2 is 1.60 bits per heavy atom. The molecule has 1 aromatic carbocycles. The molecule has 0 aliphatic heterocycles. The van der Waals surface area contributed by atoms with E-state index in [-0.39, 0.29) is 0 Å². The monoisotopic (exact) mass is 565 g/mol. The lowest BCUT2D eigenvalue weighted by molar-refractivity contribution is -0.697. The van der Waals surface area contributed by atoms with Gasteiger partial charge >= 0.3 is 0 Å². The normalized spacial score (nSPS) is 11.4. The van der Waals surface area contributed by atoms with Crippen molar-refractivity contribution in [3.8, 4) is 11.3 Å². The van der Waals surface area contributed by atoms with E-state index in [2.05, 4.69) is 80.6 Å². The zero-order valence-corrected chi connectivity index (χ0v) is 24.6. The quantitative estimate of drug-likeness (QED) is 0.108. The molecule has 0 saturated heterocycles. The number of pyridine rings is 3. The van der Waals surface area contributed by atoms with Crippen molar-refractivity contribution in [2.24, 2.45) is 0 Å². The molecule has 0 radical (unpaired) electrons. The molecule has 8 nitrogen and oxygen atoms in total. The van der Waals surface area contributed by atoms with Crippen LogP contribution in [-0.2, 0) is 35.4 Å². The minimum Gasteiger partial charge on any atom is -0.381 e. The van der Waals surface area contributed by atoms with Crippen LogP contribution >= 0.6 is 0 Å². The summed E-state index contributed by atoms with van der Waals surface area (Å²) in [5, 5.41) is 9.87. The van der Waals surface area contributed by atoms with Crippen molar-refractivity contribution < 1.29 is 14.0 Å². The van der Waals surface area contributed by atoms with E-state index in [0.717, 1.165) is 99.2 Å². The van der Waals surface area contributed by atoms with Crippen LogP contribution < -0.4 is 4.57 Å². The van der Waals surface area contributed by atoms with Crippen LogP contribution in [0.15, 0.2) is 85.7 Å². The fourth-order valence-electron chi connectivity index (χ4n) is 5.15. The summed E-state index contributed by atoms with van der Waals surface area (Å²) in [5.74, 6) is 0. The molecule has 5 aromatic rings. The van der Waals surface area contributed by atoms with Gasteiger partial charge in [0.15, 0.2) is 18.9 Å². The van der Waals surface area contributed by atoms with Gasteiger partial charge in [0, 0.05) is 74.0 Å². The van der Waals surface area contributed by atoms with Gasteiger partial charge in [-0.25, -0.2) is 4.57 Å². The maximum atomic E-state index is 5.91. The summed E-state index contributed by atoms with van der Waals surface area (Å²) < 4.78 is 15.9. The Hall–Kier alpha value is -4.01. The Morgan fingerprint density at radius 1 is 0.810 bits per heavy atom. The minimum absolute atomic E-state index is 0.713. The van der Waals surface area contributed by atoms with Gasteiger partial charge in [0.2, 0.25) is 0 Å². The van der Waals surface area contributed by atoms with Gasteiger partial charge in [0.05, 0.1) is 18.3 Å². The maximum Gasteiger partial charge on any atom is 0.171 e. The van der Waals surface area contributed by atoms with Crippen LogP contribution in [0.3, 0.4) is 0 Å². The largest absolute Gasteiger partial charge is 0.381 e. The van der Waals surface area contributed by atoms with Crippen LogP contribution in [0.2, 0.25) is 0 Å². The third kappa shape index (κ3) is 8.74. The van der Waals surface area contributed by atoms with Crippen molar-refractivity contribution >= 4 is 10.9 Å². The standard InChI is InChI=1S/C34H41N6O2/c1-28-32(15-14-31-13-3-17-36-34(28)31)33-27-40(38-37-33)20-8-24-42-22-6-12-30-10-4-18-39(26-30)19-7-23-41-21-5-11-29-9-2-16-35-25-29/h2-4,9-10,13-18,25-27H,5-8,11-12,19-24H2,1H3/q+1. The van der Waals surface area contributed by atoms with Crippen molar-refractivity contribution in [2.45, 2.75) is 58.5 Å². The number of rotatable bonds is 17. The van der Waals surface area contributed by atoms with Crippen LogP contribution in [0.25, 0.3) is 22.2 Å². The third-order valence-corrected chi connectivity index (χ3v) is 7.37. The lowest BCUT2D eigenvalue weighted by atomic mass is 10.0. The van der Waals surface area contributed by atoms with Crippen molar-refractivity contribution in [2.75, 3.05) is 26.4 Å². The van der Waals surface area contributed by atoms with Gasteiger partial charge in [-0.15, -0.1) is 5.10 Å². The first-order valence-electron chi connectivity index (χ1n) is 15.0. The molecule has 4 heterocycles. The topological polar surface area (TPSA) is 78.8 Å². The summed E-state index contributed by atoms with van der Waals surface area (Å²) in [5.41, 5.74) is 6.71. The highest BCUT2D eigenvalue weighted by Gasteiger charge is 2.10. The van der Waals surface area contributed by atoms with Crippen molar-refractivity contribution in [3.05, 3.63) is 102 Å². The highest BCUT2D eigenvalue weighted by molar-refractivity contribution is 5.87. The first kappa shape index (κ1) is 29.5. The Kier molecular flexibility index (Phi) is 11.1. The van der Waals surface area contributed by atoms with Crippen LogP contribution in [0.1, 0.15) is 42.4 Å². The predicted octanol–water partition coefficient (Wildman–Crippen LogP) is 5.56. The summed E-state index contributed by atoms with van der Waals surface area (Å²) in [7, 11) is 0. The van der Waals surface area contributed by atoms with Gasteiger partial charge in [-0.1, -0.05) is 29.5 Å². The summed E-state index contributed by atoms with van der Waals surface area (Å²) in [4.78, 5) is 8.69. The smallest absolute Gasteiger partial charge is 0.171 e. The summed E-state index contributed by atoms with van der Waals surface area (Å²) in [6, 6.07) is 16.7. The van der Waals surface area contributed by atoms with Crippen molar-refractivity contribution in [1.29, 1.82) is 0 Å². The lowest BCUT2D eigenvalue weighted by Crippen LogP contribution is -2.33. The summed E-state index contributed by atoms with van der Waals surface area (Å²) >= 11 is 0. The number of hydrogen-bond acceptors (Lipinski definition) is 6. The second kappa shape index (κ2) is 15.8. The summed E-state index contributed by atoms with van der Waals surface area (Å²) in [6.07, 6.45) is 17.9. The molecule has 0 aliphatic carbocycles. The van der Waals surface area contributed by atoms with Gasteiger partial charge < -0.3 is 9.47 Å². The lowest BCUT2D eigenvalue weighted by Gasteiger charge is -2.06. The zero-order chi connectivity index (χ0) is 28.8. The molecule has 0 unspecified atom stereocenters. The van der Waals surface area contributed by atoms with E-state index in [1.54, 1.807) is 0 Å². The fourth-order valence-corrected chi connectivity index (χ4v) is 5.15. The van der Waals surface area contributed by atoms with Crippen molar-refractivity contribution in [3.63, 3.8) is 0 Å². The van der Waals surface area contributed by atoms with Gasteiger partial charge in [0.25, 0.3) is 0 Å². The molecular formula is C34H41N6O2+. The molecule has 0 N–H and O–H groups in total. The molecule has 218 valence electrons. The number of benzene rings is 1. The fraction of sp³-hybridized carbons (Fsp3) is 0.382. The average molecular weight is 566 g/mol. The average Bonchev–Trinajstić information content (AvgIpc) is 3.50. The summed E-state index contributed by atoms with van der Waals surface area (Å²) in [6.45, 7) is 6.89. The molecule has 0 saturated carbocycles. The first-order chi connectivity index (χ1) is 20.8. The molecule has 0 atom stereocenters. The van der Waals surface area contributed by atoms with Gasteiger partial charge in [-0.3, -0.25) is 14.6 Å². The van der Waals surface area contributed by atoms with Crippen LogP contribution in [0, 0.1) is 6.92 Å². The zero-order valence-electron chi connectivity index (χ0n) is 24.6. The number of hydrogen-bond donors (Lipinski definition) is 0. The number of aromatic nitrogens is 6. The molecule has 5 rings (SSSR count). The number of aryl methyl sites for hydroxylation is 5. The molecule has 42 heavy (non-hydrogen) atoms. The van der Waals surface area contributed by atoms with E-state index in [9.17, 15) is 0 Å². The van der Waals surface area contributed by atoms with E-state index in [0.29, 0.717) is 6.61 Å². The Balaban J connectivity index is 0.927. The Bertz CT molecular complexity index is 1520. The molecule has 0 bridgehead atoms. The second-order valence-corrected chi connectivity index (χ2v) is 10.6. The van der Waals surface area contributed by atoms with Crippen LogP contribution in [-0.4, -0.2) is 51.4 Å². The molecule has 4 aromatic heterocycles. The highest BCUT2D eigenvalue weighted by Crippen LogP contribution is 2.26. The van der Waals surface area contributed by atoms with Gasteiger partial charge in [0.1, 0.15) is 5.69 Å². The number of ether oxygens (including phenoxy) is 2. The van der Waals surface area contributed by atoms with E-state index in [1.165, 1.54) is 11.1 Å². The molecule has 0 spiro atoms. The van der Waals surface area contributed by atoms with E-state index >= 15 is 0 Å². The van der Waals surface area contributed by atoms with Crippen LogP contribution in [0.4, 0.5) is 0 Å². The molecule has 0 fully saturated rings. The highest BCUT2D eigenvalue weighted by atomic mass is 16.5. The Morgan fingerprint density at radius 3 is 2.45 bits per heavy atom. The second-order valence-electron chi connectivity index (χ2n) is 10.6. The van der Waals surface area contributed by atoms with Gasteiger partial charge in [-0.05, 0) is 68.4 Å². The minimum atomic E-state index is 0.713. The molecular weight excluding hydrogens is 524 g/mol. The Labute approximate surface area is 248 Å².